The lowest BCUT2D eigenvalue weighted by Gasteiger charge is -2.06. The molecule has 2 N–H and O–H groups in total. The Labute approximate surface area is 87.7 Å². The van der Waals surface area contributed by atoms with Gasteiger partial charge in [-0.3, -0.25) is 4.79 Å². The maximum Gasteiger partial charge on any atom is 0.252 e. The molecule has 4 nitrogen and oxygen atoms in total. The Morgan fingerprint density at radius 3 is 2.93 bits per heavy atom. The Hall–Kier alpha value is -1.29. The predicted octanol–water partition coefficient (Wildman–Crippen LogP) is 1.53. The maximum atomic E-state index is 11.5. The maximum absolute atomic E-state index is 11.5. The molecule has 1 rings (SSSR count). The van der Waals surface area contributed by atoms with Crippen molar-refractivity contribution in [2.24, 2.45) is 0 Å². The molecular formula is C9H12ClN3O. The van der Waals surface area contributed by atoms with Crippen molar-refractivity contribution in [3.05, 3.63) is 22.8 Å². The molecule has 1 aromatic heterocycles. The van der Waals surface area contributed by atoms with Gasteiger partial charge in [0, 0.05) is 19.8 Å². The van der Waals surface area contributed by atoms with E-state index < -0.39 is 0 Å². The summed E-state index contributed by atoms with van der Waals surface area (Å²) in [7, 11) is 1.73. The average molecular weight is 214 g/mol. The summed E-state index contributed by atoms with van der Waals surface area (Å²) in [6.45, 7) is 2.43. The first-order valence-corrected chi connectivity index (χ1v) is 4.68. The van der Waals surface area contributed by atoms with E-state index in [-0.39, 0.29) is 5.91 Å². The molecule has 0 radical (unpaired) electrons. The van der Waals surface area contributed by atoms with Gasteiger partial charge in [-0.2, -0.15) is 0 Å². The van der Waals surface area contributed by atoms with Crippen molar-refractivity contribution in [1.29, 1.82) is 0 Å². The van der Waals surface area contributed by atoms with Crippen LogP contribution in [0.5, 0.6) is 0 Å². The molecule has 0 spiro atoms. The minimum atomic E-state index is -0.184. The second kappa shape index (κ2) is 4.81. The van der Waals surface area contributed by atoms with Gasteiger partial charge in [-0.1, -0.05) is 11.6 Å². The van der Waals surface area contributed by atoms with Crippen LogP contribution in [0.2, 0.25) is 5.02 Å². The highest BCUT2D eigenvalue weighted by Crippen LogP contribution is 2.17. The lowest BCUT2D eigenvalue weighted by molar-refractivity contribution is 0.0956. The van der Waals surface area contributed by atoms with Crippen molar-refractivity contribution in [2.75, 3.05) is 18.9 Å². The number of hydrogen-bond donors (Lipinski definition) is 2. The van der Waals surface area contributed by atoms with Crippen LogP contribution in [0.3, 0.4) is 0 Å². The normalized spacial score (nSPS) is 9.64. The molecule has 1 heterocycles. The lowest BCUT2D eigenvalue weighted by atomic mass is 10.2. The third-order valence-corrected chi connectivity index (χ3v) is 1.99. The first-order valence-electron chi connectivity index (χ1n) is 4.30. The van der Waals surface area contributed by atoms with E-state index in [4.69, 9.17) is 11.6 Å². The summed E-state index contributed by atoms with van der Waals surface area (Å²) >= 11 is 5.83. The second-order valence-corrected chi connectivity index (χ2v) is 3.07. The number of carbonyl (C=O) groups excluding carboxylic acids is 1. The standard InChI is InChI=1S/C9H12ClN3O/c1-3-12-9(14)6-4-8(11-2)13-5-7(6)10/h4-5H,3H2,1-2H3,(H,11,13)(H,12,14). The zero-order valence-corrected chi connectivity index (χ0v) is 8.85. The summed E-state index contributed by atoms with van der Waals surface area (Å²) in [4.78, 5) is 15.5. The third-order valence-electron chi connectivity index (χ3n) is 1.69. The Morgan fingerprint density at radius 2 is 2.36 bits per heavy atom. The van der Waals surface area contributed by atoms with Gasteiger partial charge in [0.25, 0.3) is 5.91 Å². The number of anilines is 1. The van der Waals surface area contributed by atoms with Crippen molar-refractivity contribution < 1.29 is 4.79 Å². The van der Waals surface area contributed by atoms with Crippen LogP contribution in [-0.2, 0) is 0 Å². The van der Waals surface area contributed by atoms with Gasteiger partial charge >= 0.3 is 0 Å². The second-order valence-electron chi connectivity index (χ2n) is 2.66. The van der Waals surface area contributed by atoms with Crippen molar-refractivity contribution in [3.63, 3.8) is 0 Å². The van der Waals surface area contributed by atoms with E-state index in [1.165, 1.54) is 6.20 Å². The first kappa shape index (κ1) is 10.8. The molecule has 1 amide bonds. The summed E-state index contributed by atoms with van der Waals surface area (Å²) in [5.41, 5.74) is 0.438. The summed E-state index contributed by atoms with van der Waals surface area (Å²) in [6.07, 6.45) is 1.46. The van der Waals surface area contributed by atoms with Crippen LogP contribution in [-0.4, -0.2) is 24.5 Å². The fraction of sp³-hybridized carbons (Fsp3) is 0.333. The molecule has 0 saturated carbocycles. The summed E-state index contributed by atoms with van der Waals surface area (Å²) < 4.78 is 0. The molecular weight excluding hydrogens is 202 g/mol. The highest BCUT2D eigenvalue weighted by Gasteiger charge is 2.10. The first-order chi connectivity index (χ1) is 6.69. The van der Waals surface area contributed by atoms with Crippen LogP contribution in [0.15, 0.2) is 12.3 Å². The van der Waals surface area contributed by atoms with E-state index in [0.29, 0.717) is 22.9 Å². The van der Waals surface area contributed by atoms with Gasteiger partial charge in [0.15, 0.2) is 0 Å². The van der Waals surface area contributed by atoms with E-state index in [9.17, 15) is 4.79 Å². The molecule has 0 aromatic carbocycles. The summed E-state index contributed by atoms with van der Waals surface area (Å²) in [6, 6.07) is 1.62. The average Bonchev–Trinajstić information content (AvgIpc) is 2.19. The van der Waals surface area contributed by atoms with Crippen LogP contribution >= 0.6 is 11.6 Å². The van der Waals surface area contributed by atoms with E-state index in [1.807, 2.05) is 6.92 Å². The quantitative estimate of drug-likeness (QED) is 0.801. The fourth-order valence-electron chi connectivity index (χ4n) is 1.01. The van der Waals surface area contributed by atoms with E-state index in [1.54, 1.807) is 13.1 Å². The zero-order chi connectivity index (χ0) is 10.6. The number of aromatic nitrogens is 1. The Morgan fingerprint density at radius 1 is 1.64 bits per heavy atom. The molecule has 0 saturated heterocycles. The molecule has 0 aliphatic rings. The van der Waals surface area contributed by atoms with Crippen LogP contribution < -0.4 is 10.6 Å². The Balaban J connectivity index is 2.99. The number of nitrogens with one attached hydrogen (secondary N) is 2. The van der Waals surface area contributed by atoms with Crippen molar-refractivity contribution in [1.82, 2.24) is 10.3 Å². The van der Waals surface area contributed by atoms with Gasteiger partial charge in [0.05, 0.1) is 10.6 Å². The van der Waals surface area contributed by atoms with Gasteiger partial charge in [-0.15, -0.1) is 0 Å². The number of amides is 1. The molecule has 0 unspecified atom stereocenters. The molecule has 1 aromatic rings. The Bertz CT molecular complexity index is 341. The van der Waals surface area contributed by atoms with Crippen LogP contribution in [0.4, 0.5) is 5.82 Å². The number of carbonyl (C=O) groups is 1. The largest absolute Gasteiger partial charge is 0.373 e. The minimum Gasteiger partial charge on any atom is -0.373 e. The van der Waals surface area contributed by atoms with E-state index in [0.717, 1.165) is 0 Å². The number of hydrogen-bond acceptors (Lipinski definition) is 3. The summed E-state index contributed by atoms with van der Waals surface area (Å²) in [5, 5.41) is 5.87. The van der Waals surface area contributed by atoms with E-state index in [2.05, 4.69) is 15.6 Å². The predicted molar refractivity (Wildman–Crippen MR) is 56.8 cm³/mol. The number of rotatable bonds is 3. The number of halogens is 1. The number of pyridine rings is 1. The highest BCUT2D eigenvalue weighted by atomic mass is 35.5. The highest BCUT2D eigenvalue weighted by molar-refractivity contribution is 6.33. The van der Waals surface area contributed by atoms with Crippen molar-refractivity contribution in [3.8, 4) is 0 Å². The molecule has 5 heteroatoms. The topological polar surface area (TPSA) is 54.0 Å². The molecule has 0 fully saturated rings. The van der Waals surface area contributed by atoms with Crippen LogP contribution in [0.25, 0.3) is 0 Å². The van der Waals surface area contributed by atoms with Crippen LogP contribution in [0, 0.1) is 0 Å². The van der Waals surface area contributed by atoms with Crippen LogP contribution in [0.1, 0.15) is 17.3 Å². The van der Waals surface area contributed by atoms with Gasteiger partial charge in [-0.05, 0) is 13.0 Å². The van der Waals surface area contributed by atoms with Gasteiger partial charge in [0.2, 0.25) is 0 Å². The van der Waals surface area contributed by atoms with Crippen molar-refractivity contribution in [2.45, 2.75) is 6.92 Å². The number of nitrogens with zero attached hydrogens (tertiary/aromatic N) is 1. The van der Waals surface area contributed by atoms with Crippen molar-refractivity contribution >= 4 is 23.3 Å². The molecule has 0 aliphatic heterocycles. The molecule has 14 heavy (non-hydrogen) atoms. The van der Waals surface area contributed by atoms with Gasteiger partial charge in [-0.25, -0.2) is 4.98 Å². The zero-order valence-electron chi connectivity index (χ0n) is 8.10. The minimum absolute atomic E-state index is 0.184. The fourth-order valence-corrected chi connectivity index (χ4v) is 1.19. The lowest BCUT2D eigenvalue weighted by Crippen LogP contribution is -2.23. The smallest absolute Gasteiger partial charge is 0.252 e. The Kier molecular flexibility index (Phi) is 3.71. The third kappa shape index (κ3) is 2.35. The van der Waals surface area contributed by atoms with Gasteiger partial charge < -0.3 is 10.6 Å². The summed E-state index contributed by atoms with van der Waals surface area (Å²) in [5.74, 6) is 0.437. The monoisotopic (exact) mass is 213 g/mol. The molecule has 76 valence electrons. The molecule has 0 aliphatic carbocycles. The molecule has 0 atom stereocenters. The van der Waals surface area contributed by atoms with Gasteiger partial charge in [0.1, 0.15) is 5.82 Å². The van der Waals surface area contributed by atoms with E-state index >= 15 is 0 Å². The molecule has 0 bridgehead atoms. The SMILES string of the molecule is CCNC(=O)c1cc(NC)ncc1Cl.